The van der Waals surface area contributed by atoms with Gasteiger partial charge in [-0.15, -0.1) is 0 Å². The van der Waals surface area contributed by atoms with Crippen molar-refractivity contribution in [1.29, 1.82) is 0 Å². The van der Waals surface area contributed by atoms with Crippen LogP contribution in [0.5, 0.6) is 0 Å². The van der Waals surface area contributed by atoms with Crippen molar-refractivity contribution in [1.82, 2.24) is 0 Å². The lowest BCUT2D eigenvalue weighted by Crippen LogP contribution is -2.13. The van der Waals surface area contributed by atoms with Gasteiger partial charge in [0.25, 0.3) is 5.78 Å². The van der Waals surface area contributed by atoms with E-state index in [0.29, 0.717) is 9.50 Å². The van der Waals surface area contributed by atoms with Crippen molar-refractivity contribution in [2.45, 2.75) is 0 Å². The average Bonchev–Trinajstić information content (AvgIpc) is 2.08. The quantitative estimate of drug-likeness (QED) is 0.658. The van der Waals surface area contributed by atoms with E-state index in [1.807, 2.05) is 0 Å². The molecule has 0 radical (unpaired) electrons. The summed E-state index contributed by atoms with van der Waals surface area (Å²) in [5.74, 6) is -2.47. The maximum atomic E-state index is 11.0. The molecule has 13 heavy (non-hydrogen) atoms. The largest absolute Gasteiger partial charge is 0.475 e. The predicted octanol–water partition coefficient (Wildman–Crippen LogP) is 2.37. The van der Waals surface area contributed by atoms with E-state index in [1.165, 1.54) is 12.1 Å². The van der Waals surface area contributed by atoms with Gasteiger partial charge in [0.05, 0.1) is 0 Å². The number of carbonyl (C=O) groups excluding carboxylic acids is 1. The number of carboxylic acid groups (broad SMARTS) is 1. The number of halogens is 2. The third kappa shape index (κ3) is 2.29. The highest BCUT2D eigenvalue weighted by molar-refractivity contribution is 9.10. The molecule has 0 aliphatic carbocycles. The van der Waals surface area contributed by atoms with Gasteiger partial charge in [0.1, 0.15) is 0 Å². The van der Waals surface area contributed by atoms with Crippen LogP contribution in [0.4, 0.5) is 0 Å². The van der Waals surface area contributed by atoms with Gasteiger partial charge in [-0.05, 0) is 18.2 Å². The molecule has 0 heterocycles. The molecule has 0 aromatic heterocycles. The number of rotatable bonds is 2. The Labute approximate surface area is 87.4 Å². The van der Waals surface area contributed by atoms with Crippen molar-refractivity contribution < 1.29 is 14.7 Å². The Morgan fingerprint density at radius 1 is 1.38 bits per heavy atom. The molecule has 0 amide bonds. The molecule has 1 rings (SSSR count). The van der Waals surface area contributed by atoms with Crippen molar-refractivity contribution >= 4 is 39.3 Å². The summed E-state index contributed by atoms with van der Waals surface area (Å²) in [6.07, 6.45) is 0. The zero-order valence-corrected chi connectivity index (χ0v) is 8.59. The Hall–Kier alpha value is -0.870. The molecule has 0 atom stereocenters. The number of carbonyl (C=O) groups is 2. The fourth-order valence-electron chi connectivity index (χ4n) is 0.787. The van der Waals surface area contributed by atoms with Crippen LogP contribution in [0.15, 0.2) is 22.7 Å². The van der Waals surface area contributed by atoms with Gasteiger partial charge in [-0.1, -0.05) is 27.5 Å². The fraction of sp³-hybridized carbons (Fsp3) is 0. The lowest BCUT2D eigenvalue weighted by atomic mass is 10.1. The van der Waals surface area contributed by atoms with Gasteiger partial charge in [0.2, 0.25) is 0 Å². The lowest BCUT2D eigenvalue weighted by Gasteiger charge is -1.99. The standard InChI is InChI=1S/C8H4BrClO3/c9-6-2-1-4(10)3-5(6)7(11)8(12)13/h1-3H,(H,12,13). The second-order valence-electron chi connectivity index (χ2n) is 2.26. The highest BCUT2D eigenvalue weighted by atomic mass is 79.9. The summed E-state index contributed by atoms with van der Waals surface area (Å²) < 4.78 is 0.421. The van der Waals surface area contributed by atoms with Gasteiger partial charge >= 0.3 is 5.97 Å². The highest BCUT2D eigenvalue weighted by Gasteiger charge is 2.17. The van der Waals surface area contributed by atoms with E-state index in [2.05, 4.69) is 15.9 Å². The first-order valence-corrected chi connectivity index (χ1v) is 4.42. The first-order chi connectivity index (χ1) is 6.02. The Morgan fingerprint density at radius 2 is 2.00 bits per heavy atom. The maximum Gasteiger partial charge on any atom is 0.377 e. The Balaban J connectivity index is 3.21. The van der Waals surface area contributed by atoms with Crippen LogP contribution in [0.1, 0.15) is 10.4 Å². The van der Waals surface area contributed by atoms with Gasteiger partial charge in [0.15, 0.2) is 0 Å². The monoisotopic (exact) mass is 262 g/mol. The third-order valence-electron chi connectivity index (χ3n) is 1.37. The molecule has 5 heteroatoms. The number of benzene rings is 1. The molecule has 1 N–H and O–H groups in total. The highest BCUT2D eigenvalue weighted by Crippen LogP contribution is 2.21. The summed E-state index contributed by atoms with van der Waals surface area (Å²) in [5, 5.41) is 8.76. The van der Waals surface area contributed by atoms with Crippen LogP contribution in [0, 0.1) is 0 Å². The first kappa shape index (κ1) is 10.2. The number of aliphatic carboxylic acids is 1. The molecule has 0 unspecified atom stereocenters. The summed E-state index contributed by atoms with van der Waals surface area (Å²) in [6, 6.07) is 4.39. The first-order valence-electron chi connectivity index (χ1n) is 3.25. The third-order valence-corrected chi connectivity index (χ3v) is 2.29. The number of hydrogen-bond donors (Lipinski definition) is 1. The van der Waals surface area contributed by atoms with Crippen molar-refractivity contribution in [3.63, 3.8) is 0 Å². The zero-order valence-electron chi connectivity index (χ0n) is 6.25. The normalized spacial score (nSPS) is 9.69. The SMILES string of the molecule is O=C(O)C(=O)c1cc(Cl)ccc1Br. The second-order valence-corrected chi connectivity index (χ2v) is 3.55. The van der Waals surface area contributed by atoms with Gasteiger partial charge in [-0.3, -0.25) is 4.79 Å². The van der Waals surface area contributed by atoms with E-state index in [9.17, 15) is 9.59 Å². The van der Waals surface area contributed by atoms with Crippen LogP contribution in [0.2, 0.25) is 5.02 Å². The molecule has 1 aromatic carbocycles. The second kappa shape index (κ2) is 3.89. The molecule has 0 bridgehead atoms. The summed E-state index contributed by atoms with van der Waals surface area (Å²) in [5.41, 5.74) is 0.0556. The minimum Gasteiger partial charge on any atom is -0.475 e. The van der Waals surface area contributed by atoms with E-state index >= 15 is 0 Å². The summed E-state index contributed by atoms with van der Waals surface area (Å²) in [6.45, 7) is 0. The van der Waals surface area contributed by atoms with Crippen molar-refractivity contribution in [2.24, 2.45) is 0 Å². The Morgan fingerprint density at radius 3 is 2.54 bits per heavy atom. The molecule has 0 aliphatic heterocycles. The summed E-state index contributed by atoms with van der Waals surface area (Å²) in [7, 11) is 0. The molecule has 0 fully saturated rings. The van der Waals surface area contributed by atoms with Gasteiger partial charge in [-0.2, -0.15) is 0 Å². The molecule has 1 aromatic rings. The van der Waals surface area contributed by atoms with E-state index in [1.54, 1.807) is 6.07 Å². The van der Waals surface area contributed by atoms with Gasteiger partial charge in [0, 0.05) is 15.1 Å². The smallest absolute Gasteiger partial charge is 0.377 e. The predicted molar refractivity (Wildman–Crippen MR) is 51.1 cm³/mol. The van der Waals surface area contributed by atoms with E-state index in [4.69, 9.17) is 16.7 Å². The van der Waals surface area contributed by atoms with Crippen molar-refractivity contribution in [3.8, 4) is 0 Å². The van der Waals surface area contributed by atoms with Crippen LogP contribution in [-0.2, 0) is 4.79 Å². The number of ketones is 1. The molecule has 0 saturated carbocycles. The number of hydrogen-bond acceptors (Lipinski definition) is 2. The molecule has 3 nitrogen and oxygen atoms in total. The van der Waals surface area contributed by atoms with Gasteiger partial charge < -0.3 is 5.11 Å². The van der Waals surface area contributed by atoms with E-state index < -0.39 is 11.8 Å². The Bertz CT molecular complexity index is 376. The van der Waals surface area contributed by atoms with E-state index in [-0.39, 0.29) is 5.56 Å². The summed E-state index contributed by atoms with van der Waals surface area (Å²) in [4.78, 5) is 21.4. The summed E-state index contributed by atoms with van der Waals surface area (Å²) >= 11 is 8.66. The van der Waals surface area contributed by atoms with Crippen LogP contribution in [0.3, 0.4) is 0 Å². The number of carboxylic acids is 1. The van der Waals surface area contributed by atoms with Crippen LogP contribution in [0.25, 0.3) is 0 Å². The molecule has 68 valence electrons. The van der Waals surface area contributed by atoms with Crippen LogP contribution >= 0.6 is 27.5 Å². The fourth-order valence-corrected chi connectivity index (χ4v) is 1.39. The molecule has 0 saturated heterocycles. The topological polar surface area (TPSA) is 54.4 Å². The van der Waals surface area contributed by atoms with Gasteiger partial charge in [-0.25, -0.2) is 4.79 Å². The molecule has 0 aliphatic rings. The minimum atomic E-state index is -1.50. The Kier molecular flexibility index (Phi) is 3.06. The average molecular weight is 263 g/mol. The maximum absolute atomic E-state index is 11.0. The van der Waals surface area contributed by atoms with Crippen LogP contribution < -0.4 is 0 Å². The van der Waals surface area contributed by atoms with E-state index in [0.717, 1.165) is 0 Å². The zero-order chi connectivity index (χ0) is 10.0. The number of Topliss-reactive ketones (excluding diaryl/α,β-unsaturated/α-hetero) is 1. The molecule has 0 spiro atoms. The minimum absolute atomic E-state index is 0.0556. The molecular formula is C8H4BrClO3. The van der Waals surface area contributed by atoms with Crippen molar-refractivity contribution in [2.75, 3.05) is 0 Å². The molecular weight excluding hydrogens is 259 g/mol. The lowest BCUT2D eigenvalue weighted by molar-refractivity contribution is -0.131. The van der Waals surface area contributed by atoms with Crippen molar-refractivity contribution in [3.05, 3.63) is 33.3 Å². The van der Waals surface area contributed by atoms with Crippen LogP contribution in [-0.4, -0.2) is 16.9 Å².